The maximum absolute atomic E-state index is 12.4. The molecular weight excluding hydrogens is 332 g/mol. The predicted molar refractivity (Wildman–Crippen MR) is 102 cm³/mol. The number of sulfone groups is 1. The largest absolute Gasteiger partial charge is 0.381 e. The molecule has 2 aromatic rings. The second-order valence-corrected chi connectivity index (χ2v) is 9.70. The number of ether oxygens (including phenoxy) is 1. The van der Waals surface area contributed by atoms with Gasteiger partial charge in [0, 0.05) is 12.5 Å². The van der Waals surface area contributed by atoms with Crippen LogP contribution in [-0.4, -0.2) is 32.6 Å². The van der Waals surface area contributed by atoms with Gasteiger partial charge < -0.3 is 4.74 Å². The zero-order valence-corrected chi connectivity index (χ0v) is 15.7. The maximum Gasteiger partial charge on any atom is 0.153 e. The zero-order chi connectivity index (χ0) is 17.9. The molecule has 134 valence electrons. The molecule has 0 unspecified atom stereocenters. The van der Waals surface area contributed by atoms with Gasteiger partial charge in [-0.2, -0.15) is 0 Å². The van der Waals surface area contributed by atoms with Crippen LogP contribution in [-0.2, 0) is 14.6 Å². The van der Waals surface area contributed by atoms with Gasteiger partial charge in [-0.3, -0.25) is 0 Å². The quantitative estimate of drug-likeness (QED) is 0.800. The van der Waals surface area contributed by atoms with E-state index in [0.29, 0.717) is 13.2 Å². The van der Waals surface area contributed by atoms with Crippen LogP contribution in [0.5, 0.6) is 0 Å². The van der Waals surface area contributed by atoms with Gasteiger partial charge in [0.05, 0.1) is 17.6 Å². The molecule has 0 saturated carbocycles. The molecular formula is C21H26O3S. The zero-order valence-electron chi connectivity index (χ0n) is 14.9. The van der Waals surface area contributed by atoms with Crippen LogP contribution in [0.3, 0.4) is 0 Å². The molecule has 0 aromatic heterocycles. The monoisotopic (exact) mass is 358 g/mol. The summed E-state index contributed by atoms with van der Waals surface area (Å²) in [5.74, 6) is 0.478. The van der Waals surface area contributed by atoms with Crippen molar-refractivity contribution in [3.05, 3.63) is 60.2 Å². The van der Waals surface area contributed by atoms with E-state index in [-0.39, 0.29) is 22.8 Å². The van der Waals surface area contributed by atoms with Crippen molar-refractivity contribution in [1.82, 2.24) is 0 Å². The van der Waals surface area contributed by atoms with Gasteiger partial charge in [-0.25, -0.2) is 8.42 Å². The SMILES string of the molecule is CC(C)S(=O)(=O)C[C@H]1COCC[C@H]1c1ccc(-c2ccccc2)cc1. The summed E-state index contributed by atoms with van der Waals surface area (Å²) in [5.41, 5.74) is 3.59. The van der Waals surface area contributed by atoms with Gasteiger partial charge in [-0.1, -0.05) is 54.6 Å². The molecule has 3 rings (SSSR count). The normalized spacial score (nSPS) is 21.4. The summed E-state index contributed by atoms with van der Waals surface area (Å²) in [6.07, 6.45) is 0.878. The Bertz CT molecular complexity index is 780. The topological polar surface area (TPSA) is 43.4 Å². The highest BCUT2D eigenvalue weighted by Gasteiger charge is 2.32. The fourth-order valence-corrected chi connectivity index (χ4v) is 4.75. The maximum atomic E-state index is 12.4. The molecule has 1 fully saturated rings. The first-order chi connectivity index (χ1) is 12.0. The summed E-state index contributed by atoms with van der Waals surface area (Å²) >= 11 is 0. The van der Waals surface area contributed by atoms with Crippen LogP contribution in [0.25, 0.3) is 11.1 Å². The van der Waals surface area contributed by atoms with Crippen LogP contribution in [0.4, 0.5) is 0 Å². The van der Waals surface area contributed by atoms with E-state index in [2.05, 4.69) is 36.4 Å². The third-order valence-corrected chi connectivity index (χ3v) is 7.41. The van der Waals surface area contributed by atoms with E-state index in [1.165, 1.54) is 16.7 Å². The minimum Gasteiger partial charge on any atom is -0.381 e. The molecule has 2 aromatic carbocycles. The van der Waals surface area contributed by atoms with Gasteiger partial charge in [-0.15, -0.1) is 0 Å². The lowest BCUT2D eigenvalue weighted by Gasteiger charge is -2.32. The van der Waals surface area contributed by atoms with Gasteiger partial charge in [-0.05, 0) is 42.9 Å². The van der Waals surface area contributed by atoms with Crippen LogP contribution in [0.15, 0.2) is 54.6 Å². The fourth-order valence-electron chi connectivity index (χ4n) is 3.44. The van der Waals surface area contributed by atoms with Crippen LogP contribution in [0, 0.1) is 5.92 Å². The van der Waals surface area contributed by atoms with E-state index in [0.717, 1.165) is 6.42 Å². The second kappa shape index (κ2) is 7.71. The summed E-state index contributed by atoms with van der Waals surface area (Å²) in [5, 5.41) is -0.337. The Morgan fingerprint density at radius 1 is 1.00 bits per heavy atom. The Morgan fingerprint density at radius 2 is 1.64 bits per heavy atom. The molecule has 0 bridgehead atoms. The highest BCUT2D eigenvalue weighted by molar-refractivity contribution is 7.91. The van der Waals surface area contributed by atoms with Crippen molar-refractivity contribution < 1.29 is 13.2 Å². The molecule has 25 heavy (non-hydrogen) atoms. The molecule has 0 N–H and O–H groups in total. The van der Waals surface area contributed by atoms with Crippen molar-refractivity contribution in [2.75, 3.05) is 19.0 Å². The highest BCUT2D eigenvalue weighted by atomic mass is 32.2. The van der Waals surface area contributed by atoms with Crippen molar-refractivity contribution in [3.63, 3.8) is 0 Å². The molecule has 4 heteroatoms. The molecule has 1 aliphatic heterocycles. The van der Waals surface area contributed by atoms with E-state index >= 15 is 0 Å². The molecule has 0 amide bonds. The highest BCUT2D eigenvalue weighted by Crippen LogP contribution is 2.34. The number of benzene rings is 2. The van der Waals surface area contributed by atoms with Crippen molar-refractivity contribution in [3.8, 4) is 11.1 Å². The Kier molecular flexibility index (Phi) is 5.60. The average molecular weight is 359 g/mol. The van der Waals surface area contributed by atoms with Gasteiger partial charge in [0.15, 0.2) is 9.84 Å². The molecule has 0 aliphatic carbocycles. The Morgan fingerprint density at radius 3 is 2.28 bits per heavy atom. The molecule has 3 nitrogen and oxygen atoms in total. The Balaban J connectivity index is 1.81. The molecule has 1 heterocycles. The molecule has 1 saturated heterocycles. The van der Waals surface area contributed by atoms with Crippen LogP contribution < -0.4 is 0 Å². The van der Waals surface area contributed by atoms with Gasteiger partial charge >= 0.3 is 0 Å². The molecule has 2 atom stereocenters. The third-order valence-electron chi connectivity index (χ3n) is 5.08. The minimum absolute atomic E-state index is 0.0312. The lowest BCUT2D eigenvalue weighted by molar-refractivity contribution is 0.0483. The van der Waals surface area contributed by atoms with E-state index in [1.54, 1.807) is 13.8 Å². The number of hydrogen-bond donors (Lipinski definition) is 0. The molecule has 0 radical (unpaired) electrons. The lowest BCUT2D eigenvalue weighted by atomic mass is 9.83. The first-order valence-electron chi connectivity index (χ1n) is 8.92. The first-order valence-corrected chi connectivity index (χ1v) is 10.6. The first kappa shape index (κ1) is 18.2. The van der Waals surface area contributed by atoms with Crippen molar-refractivity contribution in [2.45, 2.75) is 31.4 Å². The van der Waals surface area contributed by atoms with Gasteiger partial charge in [0.1, 0.15) is 0 Å². The van der Waals surface area contributed by atoms with Gasteiger partial charge in [0.2, 0.25) is 0 Å². The summed E-state index contributed by atoms with van der Waals surface area (Å²) in [4.78, 5) is 0. The van der Waals surface area contributed by atoms with Crippen LogP contribution >= 0.6 is 0 Å². The number of rotatable bonds is 5. The van der Waals surface area contributed by atoms with E-state index in [4.69, 9.17) is 4.74 Å². The lowest BCUT2D eigenvalue weighted by Crippen LogP contribution is -2.34. The second-order valence-electron chi connectivity index (χ2n) is 7.10. The molecule has 0 spiro atoms. The predicted octanol–water partition coefficient (Wildman–Crippen LogP) is 4.30. The standard InChI is InChI=1S/C21H26O3S/c1-16(2)25(22,23)15-20-14-24-13-12-21(20)19-10-8-18(9-11-19)17-6-4-3-5-7-17/h3-11,16,20-21H,12-15H2,1-2H3/t20-,21+/m1/s1. The molecule has 1 aliphatic rings. The Hall–Kier alpha value is -1.65. The van der Waals surface area contributed by atoms with E-state index < -0.39 is 9.84 Å². The smallest absolute Gasteiger partial charge is 0.153 e. The third kappa shape index (κ3) is 4.31. The van der Waals surface area contributed by atoms with Crippen LogP contribution in [0.2, 0.25) is 0 Å². The van der Waals surface area contributed by atoms with Crippen molar-refractivity contribution in [2.24, 2.45) is 5.92 Å². The van der Waals surface area contributed by atoms with E-state index in [9.17, 15) is 8.42 Å². The summed E-state index contributed by atoms with van der Waals surface area (Å²) in [7, 11) is -3.07. The summed E-state index contributed by atoms with van der Waals surface area (Å²) in [6, 6.07) is 18.8. The fraction of sp³-hybridized carbons (Fsp3) is 0.429. The van der Waals surface area contributed by atoms with Gasteiger partial charge in [0.25, 0.3) is 0 Å². The summed E-state index contributed by atoms with van der Waals surface area (Å²) < 4.78 is 30.3. The summed E-state index contributed by atoms with van der Waals surface area (Å²) in [6.45, 7) is 4.73. The van der Waals surface area contributed by atoms with Crippen molar-refractivity contribution >= 4 is 9.84 Å². The van der Waals surface area contributed by atoms with E-state index in [1.807, 2.05) is 18.2 Å². The Labute approximate surface area is 151 Å². The minimum atomic E-state index is -3.07. The number of hydrogen-bond acceptors (Lipinski definition) is 3. The van der Waals surface area contributed by atoms with Crippen molar-refractivity contribution in [1.29, 1.82) is 0 Å². The van der Waals surface area contributed by atoms with Crippen LogP contribution in [0.1, 0.15) is 31.7 Å². The average Bonchev–Trinajstić information content (AvgIpc) is 2.63.